The summed E-state index contributed by atoms with van der Waals surface area (Å²) in [5.41, 5.74) is 1.10. The summed E-state index contributed by atoms with van der Waals surface area (Å²) >= 11 is 0. The van der Waals surface area contributed by atoms with Crippen LogP contribution in [-0.2, 0) is 16.0 Å². The van der Waals surface area contributed by atoms with E-state index < -0.39 is 40.7 Å². The fourth-order valence-corrected chi connectivity index (χ4v) is 4.62. The van der Waals surface area contributed by atoms with Gasteiger partial charge in [0.15, 0.2) is 0 Å². The van der Waals surface area contributed by atoms with Crippen LogP contribution in [-0.4, -0.2) is 45.8 Å². The second-order valence-electron chi connectivity index (χ2n) is 9.59. The lowest BCUT2D eigenvalue weighted by Crippen LogP contribution is -2.54. The van der Waals surface area contributed by atoms with E-state index in [1.807, 2.05) is 13.8 Å². The summed E-state index contributed by atoms with van der Waals surface area (Å²) < 4.78 is 0. The standard InChI is InChI=1S/C29H28N4O7/c1-3-17(2)25-27(35)30-22-16-19(26(34)31-23(29(37)38)14-18-8-5-4-6-9-18)12-13-24(22)32(25)28(36)20-10-7-11-21(15-20)33(39)40/h4-13,15-17,23,25H,3,14H2,1-2H3,(H,30,35)(H,31,34)(H,37,38). The predicted octanol–water partition coefficient (Wildman–Crippen LogP) is 4.03. The number of anilines is 2. The van der Waals surface area contributed by atoms with E-state index in [1.54, 1.807) is 30.3 Å². The van der Waals surface area contributed by atoms with Crippen molar-refractivity contribution >= 4 is 40.8 Å². The van der Waals surface area contributed by atoms with Crippen molar-refractivity contribution in [2.75, 3.05) is 10.2 Å². The first-order valence-electron chi connectivity index (χ1n) is 12.7. The Hall–Kier alpha value is -5.06. The van der Waals surface area contributed by atoms with Crippen molar-refractivity contribution in [2.45, 2.75) is 38.8 Å². The van der Waals surface area contributed by atoms with Crippen LogP contribution in [0.25, 0.3) is 0 Å². The number of nitrogens with zero attached hydrogens (tertiary/aromatic N) is 2. The Labute approximate surface area is 230 Å². The largest absolute Gasteiger partial charge is 0.480 e. The zero-order valence-corrected chi connectivity index (χ0v) is 21.9. The van der Waals surface area contributed by atoms with Gasteiger partial charge in [-0.1, -0.05) is 56.7 Å². The van der Waals surface area contributed by atoms with Crippen molar-refractivity contribution in [3.63, 3.8) is 0 Å². The molecular weight excluding hydrogens is 516 g/mol. The second kappa shape index (κ2) is 11.8. The average molecular weight is 545 g/mol. The molecule has 0 bridgehead atoms. The number of hydrogen-bond acceptors (Lipinski definition) is 6. The SMILES string of the molecule is CCC(C)C1C(=O)Nc2cc(C(=O)NC(Cc3ccccc3)C(=O)O)ccc2N1C(=O)c1cccc([N+](=O)[O-])c1. The first-order valence-corrected chi connectivity index (χ1v) is 12.7. The Morgan fingerprint density at radius 3 is 2.42 bits per heavy atom. The minimum Gasteiger partial charge on any atom is -0.480 e. The van der Waals surface area contributed by atoms with Gasteiger partial charge in [0.25, 0.3) is 17.5 Å². The summed E-state index contributed by atoms with van der Waals surface area (Å²) in [5, 5.41) is 26.2. The van der Waals surface area contributed by atoms with Crippen LogP contribution in [0.4, 0.5) is 17.1 Å². The molecule has 0 aromatic heterocycles. The molecule has 3 N–H and O–H groups in total. The van der Waals surface area contributed by atoms with Crippen molar-refractivity contribution in [3.05, 3.63) is 99.6 Å². The molecule has 1 aliphatic rings. The van der Waals surface area contributed by atoms with Gasteiger partial charge in [0, 0.05) is 29.7 Å². The molecule has 0 radical (unpaired) electrons. The maximum Gasteiger partial charge on any atom is 0.326 e. The van der Waals surface area contributed by atoms with Gasteiger partial charge in [0.1, 0.15) is 12.1 Å². The lowest BCUT2D eigenvalue weighted by Gasteiger charge is -2.39. The third-order valence-corrected chi connectivity index (χ3v) is 6.91. The third kappa shape index (κ3) is 5.83. The zero-order chi connectivity index (χ0) is 29.0. The van der Waals surface area contributed by atoms with Gasteiger partial charge in [-0.2, -0.15) is 0 Å². The fourth-order valence-electron chi connectivity index (χ4n) is 4.62. The number of fused-ring (bicyclic) bond motifs is 1. The first kappa shape index (κ1) is 28.0. The number of amides is 3. The highest BCUT2D eigenvalue weighted by atomic mass is 16.6. The third-order valence-electron chi connectivity index (χ3n) is 6.91. The van der Waals surface area contributed by atoms with Gasteiger partial charge >= 0.3 is 5.97 Å². The van der Waals surface area contributed by atoms with Crippen molar-refractivity contribution in [3.8, 4) is 0 Å². The highest BCUT2D eigenvalue weighted by Crippen LogP contribution is 2.37. The van der Waals surface area contributed by atoms with Crippen LogP contribution >= 0.6 is 0 Å². The number of aliphatic carboxylic acids is 1. The van der Waals surface area contributed by atoms with E-state index in [-0.39, 0.29) is 34.8 Å². The highest BCUT2D eigenvalue weighted by molar-refractivity contribution is 6.17. The van der Waals surface area contributed by atoms with Crippen LogP contribution in [0, 0.1) is 16.0 Å². The molecule has 0 spiro atoms. The molecule has 40 heavy (non-hydrogen) atoms. The lowest BCUT2D eigenvalue weighted by molar-refractivity contribution is -0.384. The molecule has 0 fully saturated rings. The normalized spacial score (nSPS) is 15.8. The average Bonchev–Trinajstić information content (AvgIpc) is 2.95. The maximum atomic E-state index is 13.7. The number of carboxylic acids is 1. The Morgan fingerprint density at radius 2 is 1.77 bits per heavy atom. The number of benzene rings is 3. The van der Waals surface area contributed by atoms with Gasteiger partial charge < -0.3 is 15.7 Å². The molecule has 206 valence electrons. The molecule has 11 nitrogen and oxygen atoms in total. The second-order valence-corrected chi connectivity index (χ2v) is 9.59. The summed E-state index contributed by atoms with van der Waals surface area (Å²) in [6.07, 6.45) is 0.649. The van der Waals surface area contributed by atoms with Crippen LogP contribution in [0.5, 0.6) is 0 Å². The Bertz CT molecular complexity index is 1470. The topological polar surface area (TPSA) is 159 Å². The molecule has 3 amide bonds. The minimum absolute atomic E-state index is 0.0372. The number of non-ortho nitro benzene ring substituents is 1. The minimum atomic E-state index is -1.20. The monoisotopic (exact) mass is 544 g/mol. The summed E-state index contributed by atoms with van der Waals surface area (Å²) in [6, 6.07) is 16.4. The molecule has 1 aliphatic heterocycles. The van der Waals surface area contributed by atoms with E-state index in [0.717, 1.165) is 11.6 Å². The van der Waals surface area contributed by atoms with Gasteiger partial charge in [-0.15, -0.1) is 0 Å². The number of nitro groups is 1. The number of carbonyl (C=O) groups excluding carboxylic acids is 3. The van der Waals surface area contributed by atoms with Gasteiger partial charge in [-0.25, -0.2) is 4.79 Å². The molecule has 1 heterocycles. The maximum absolute atomic E-state index is 13.7. The molecule has 3 aromatic rings. The molecule has 4 rings (SSSR count). The van der Waals surface area contributed by atoms with Crippen molar-refractivity contribution in [1.82, 2.24) is 5.32 Å². The Kier molecular flexibility index (Phi) is 8.23. The molecule has 3 unspecified atom stereocenters. The number of rotatable bonds is 9. The van der Waals surface area contributed by atoms with Crippen molar-refractivity contribution < 1.29 is 29.2 Å². The van der Waals surface area contributed by atoms with Crippen LogP contribution in [0.15, 0.2) is 72.8 Å². The van der Waals surface area contributed by atoms with Gasteiger partial charge in [0.2, 0.25) is 5.91 Å². The van der Waals surface area contributed by atoms with E-state index in [9.17, 15) is 34.4 Å². The highest BCUT2D eigenvalue weighted by Gasteiger charge is 2.40. The van der Waals surface area contributed by atoms with Crippen molar-refractivity contribution in [1.29, 1.82) is 0 Å². The van der Waals surface area contributed by atoms with E-state index in [0.29, 0.717) is 12.1 Å². The summed E-state index contributed by atoms with van der Waals surface area (Å²) in [7, 11) is 0. The van der Waals surface area contributed by atoms with Crippen molar-refractivity contribution in [2.24, 2.45) is 5.92 Å². The lowest BCUT2D eigenvalue weighted by atomic mass is 9.92. The zero-order valence-electron chi connectivity index (χ0n) is 21.9. The number of nitro benzene ring substituents is 1. The Balaban J connectivity index is 1.67. The summed E-state index contributed by atoms with van der Waals surface area (Å²) in [5.74, 6) is -3.19. The molecule has 11 heteroatoms. The predicted molar refractivity (Wildman–Crippen MR) is 147 cm³/mol. The summed E-state index contributed by atoms with van der Waals surface area (Å²) in [4.78, 5) is 63.8. The Morgan fingerprint density at radius 1 is 1.05 bits per heavy atom. The van der Waals surface area contributed by atoms with E-state index >= 15 is 0 Å². The van der Waals surface area contributed by atoms with Gasteiger partial charge in [-0.05, 0) is 35.7 Å². The van der Waals surface area contributed by atoms with Crippen LogP contribution in [0.2, 0.25) is 0 Å². The molecule has 0 aliphatic carbocycles. The molecular formula is C29H28N4O7. The smallest absolute Gasteiger partial charge is 0.326 e. The molecule has 0 saturated heterocycles. The van der Waals surface area contributed by atoms with Crippen LogP contribution in [0.1, 0.15) is 46.5 Å². The van der Waals surface area contributed by atoms with Crippen LogP contribution < -0.4 is 15.5 Å². The molecule has 3 atom stereocenters. The number of carbonyl (C=O) groups is 4. The molecule has 3 aromatic carbocycles. The summed E-state index contributed by atoms with van der Waals surface area (Å²) in [6.45, 7) is 3.70. The number of carboxylic acid groups (broad SMARTS) is 1. The number of hydrogen-bond donors (Lipinski definition) is 3. The molecule has 0 saturated carbocycles. The van der Waals surface area contributed by atoms with Gasteiger partial charge in [-0.3, -0.25) is 29.4 Å². The number of nitrogens with one attached hydrogen (secondary N) is 2. The van der Waals surface area contributed by atoms with Gasteiger partial charge in [0.05, 0.1) is 16.3 Å². The quantitative estimate of drug-likeness (QED) is 0.271. The first-order chi connectivity index (χ1) is 19.1. The van der Waals surface area contributed by atoms with E-state index in [1.165, 1.54) is 41.3 Å². The van der Waals surface area contributed by atoms with E-state index in [2.05, 4.69) is 10.6 Å². The van der Waals surface area contributed by atoms with Crippen LogP contribution in [0.3, 0.4) is 0 Å². The van der Waals surface area contributed by atoms with E-state index in [4.69, 9.17) is 0 Å². The fraction of sp³-hybridized carbons (Fsp3) is 0.241.